The van der Waals surface area contributed by atoms with Crippen LogP contribution in [-0.2, 0) is 0 Å². The van der Waals surface area contributed by atoms with E-state index in [0.29, 0.717) is 16.5 Å². The molecule has 0 saturated carbocycles. The van der Waals surface area contributed by atoms with Gasteiger partial charge in [-0.05, 0) is 17.9 Å². The van der Waals surface area contributed by atoms with Gasteiger partial charge in [0, 0.05) is 0 Å². The van der Waals surface area contributed by atoms with E-state index in [4.69, 9.17) is 0 Å². The Bertz CT molecular complexity index is 803. The number of nitrogens with zero attached hydrogens (tertiary/aromatic N) is 5. The molecular formula is C14H11N5S. The minimum absolute atomic E-state index is 0.439. The molecule has 0 aliphatic heterocycles. The molecule has 5 nitrogen and oxygen atoms in total. The molecule has 0 atom stereocenters. The molecule has 98 valence electrons. The normalized spacial score (nSPS) is 10.6. The molecule has 6 heteroatoms. The average molecular weight is 281 g/mol. The summed E-state index contributed by atoms with van der Waals surface area (Å²) in [6.45, 7) is 2.04. The predicted molar refractivity (Wildman–Crippen MR) is 77.8 cm³/mol. The van der Waals surface area contributed by atoms with E-state index in [1.54, 1.807) is 24.3 Å². The summed E-state index contributed by atoms with van der Waals surface area (Å²) in [4.78, 5) is 13.0. The Balaban J connectivity index is 2.22. The molecule has 1 aromatic carbocycles. The first-order chi connectivity index (χ1) is 9.83. The highest BCUT2D eigenvalue weighted by Gasteiger charge is 2.12. The quantitative estimate of drug-likeness (QED) is 0.545. The Morgan fingerprint density at radius 3 is 2.95 bits per heavy atom. The smallest absolute Gasteiger partial charge is 0.189 e. The van der Waals surface area contributed by atoms with Gasteiger partial charge in [0.1, 0.15) is 18.0 Å². The van der Waals surface area contributed by atoms with Crippen LogP contribution in [0.15, 0.2) is 41.9 Å². The molecule has 3 rings (SSSR count). The highest BCUT2D eigenvalue weighted by Crippen LogP contribution is 2.21. The van der Waals surface area contributed by atoms with Crippen LogP contribution < -0.4 is 0 Å². The molecule has 0 radical (unpaired) electrons. The zero-order valence-electron chi connectivity index (χ0n) is 10.8. The van der Waals surface area contributed by atoms with Crippen molar-refractivity contribution in [2.75, 3.05) is 5.75 Å². The Morgan fingerprint density at radius 1 is 1.30 bits per heavy atom. The SMILES string of the molecule is CCSc1ncc(C#N)c(-n2cnc3ccccc32)n1. The van der Waals surface area contributed by atoms with E-state index < -0.39 is 0 Å². The van der Waals surface area contributed by atoms with E-state index in [2.05, 4.69) is 21.0 Å². The fourth-order valence-electron chi connectivity index (χ4n) is 1.95. The lowest BCUT2D eigenvalue weighted by Gasteiger charge is -2.06. The van der Waals surface area contributed by atoms with Crippen LogP contribution in [0, 0.1) is 11.3 Å². The second-order valence-electron chi connectivity index (χ2n) is 4.04. The highest BCUT2D eigenvalue weighted by molar-refractivity contribution is 7.99. The number of para-hydroxylation sites is 2. The largest absolute Gasteiger partial charge is 0.282 e. The van der Waals surface area contributed by atoms with Gasteiger partial charge in [-0.2, -0.15) is 5.26 Å². The second kappa shape index (κ2) is 5.31. The zero-order valence-corrected chi connectivity index (χ0v) is 11.6. The Kier molecular flexibility index (Phi) is 3.35. The van der Waals surface area contributed by atoms with Gasteiger partial charge in [-0.1, -0.05) is 30.8 Å². The summed E-state index contributed by atoms with van der Waals surface area (Å²) >= 11 is 1.55. The van der Waals surface area contributed by atoms with E-state index in [1.807, 2.05) is 35.8 Å². The van der Waals surface area contributed by atoms with Crippen LogP contribution in [0.4, 0.5) is 0 Å². The number of imidazole rings is 1. The average Bonchev–Trinajstić information content (AvgIpc) is 2.91. The summed E-state index contributed by atoms with van der Waals surface area (Å²) in [5.41, 5.74) is 2.24. The first-order valence-electron chi connectivity index (χ1n) is 6.16. The standard InChI is InChI=1S/C14H11N5S/c1-2-20-14-16-8-10(7-15)13(18-14)19-9-17-11-5-3-4-6-12(11)19/h3-6,8-9H,2H2,1H3. The van der Waals surface area contributed by atoms with Gasteiger partial charge in [-0.3, -0.25) is 4.57 Å². The van der Waals surface area contributed by atoms with Crippen molar-refractivity contribution < 1.29 is 0 Å². The van der Waals surface area contributed by atoms with Crippen molar-refractivity contribution in [3.8, 4) is 11.9 Å². The lowest BCUT2D eigenvalue weighted by atomic mass is 10.3. The van der Waals surface area contributed by atoms with Gasteiger partial charge in [0.25, 0.3) is 0 Å². The molecular weight excluding hydrogens is 270 g/mol. The maximum Gasteiger partial charge on any atom is 0.189 e. The van der Waals surface area contributed by atoms with Crippen molar-refractivity contribution in [3.63, 3.8) is 0 Å². The Hall–Kier alpha value is -2.39. The van der Waals surface area contributed by atoms with Crippen LogP contribution >= 0.6 is 11.8 Å². The number of aromatic nitrogens is 4. The molecule has 0 saturated heterocycles. The first kappa shape index (κ1) is 12.6. The number of nitriles is 1. The monoisotopic (exact) mass is 281 g/mol. The van der Waals surface area contributed by atoms with Crippen LogP contribution in [0.1, 0.15) is 12.5 Å². The molecule has 0 bridgehead atoms. The number of thioether (sulfide) groups is 1. The number of benzene rings is 1. The number of rotatable bonds is 3. The van der Waals surface area contributed by atoms with E-state index in [0.717, 1.165) is 16.8 Å². The molecule has 0 N–H and O–H groups in total. The Morgan fingerprint density at radius 2 is 2.15 bits per heavy atom. The lowest BCUT2D eigenvalue weighted by molar-refractivity contribution is 0.893. The van der Waals surface area contributed by atoms with Crippen LogP contribution in [0.2, 0.25) is 0 Å². The first-order valence-corrected chi connectivity index (χ1v) is 7.14. The van der Waals surface area contributed by atoms with E-state index in [9.17, 15) is 5.26 Å². The lowest BCUT2D eigenvalue weighted by Crippen LogP contribution is -2.02. The van der Waals surface area contributed by atoms with Crippen LogP contribution in [0.25, 0.3) is 16.9 Å². The zero-order chi connectivity index (χ0) is 13.9. The van der Waals surface area contributed by atoms with E-state index in [1.165, 1.54) is 0 Å². The summed E-state index contributed by atoms with van der Waals surface area (Å²) in [5.74, 6) is 1.46. The molecule has 0 fully saturated rings. The molecule has 3 aromatic rings. The summed E-state index contributed by atoms with van der Waals surface area (Å²) < 4.78 is 1.83. The van der Waals surface area contributed by atoms with Gasteiger partial charge in [0.05, 0.1) is 17.2 Å². The molecule has 0 aliphatic rings. The molecule has 2 aromatic heterocycles. The van der Waals surface area contributed by atoms with Crippen molar-refractivity contribution in [1.29, 1.82) is 5.26 Å². The van der Waals surface area contributed by atoms with Crippen LogP contribution in [0.3, 0.4) is 0 Å². The maximum atomic E-state index is 9.24. The third-order valence-electron chi connectivity index (χ3n) is 2.82. The minimum Gasteiger partial charge on any atom is -0.282 e. The second-order valence-corrected chi connectivity index (χ2v) is 5.27. The van der Waals surface area contributed by atoms with Gasteiger partial charge in [-0.25, -0.2) is 15.0 Å². The topological polar surface area (TPSA) is 67.4 Å². The minimum atomic E-state index is 0.439. The van der Waals surface area contributed by atoms with Crippen molar-refractivity contribution in [2.24, 2.45) is 0 Å². The number of hydrogen-bond donors (Lipinski definition) is 0. The third-order valence-corrected chi connectivity index (χ3v) is 3.57. The van der Waals surface area contributed by atoms with Crippen molar-refractivity contribution >= 4 is 22.8 Å². The van der Waals surface area contributed by atoms with Crippen molar-refractivity contribution in [2.45, 2.75) is 12.1 Å². The number of hydrogen-bond acceptors (Lipinski definition) is 5. The van der Waals surface area contributed by atoms with Gasteiger partial charge in [0.15, 0.2) is 11.0 Å². The summed E-state index contributed by atoms with van der Waals surface area (Å²) in [7, 11) is 0. The van der Waals surface area contributed by atoms with Gasteiger partial charge in [-0.15, -0.1) is 0 Å². The number of fused-ring (bicyclic) bond motifs is 1. The van der Waals surface area contributed by atoms with Crippen LogP contribution in [-0.4, -0.2) is 25.3 Å². The Labute approximate surface area is 120 Å². The molecule has 2 heterocycles. The molecule has 0 spiro atoms. The van der Waals surface area contributed by atoms with Gasteiger partial charge >= 0.3 is 0 Å². The summed E-state index contributed by atoms with van der Waals surface area (Å²) in [6.07, 6.45) is 3.25. The van der Waals surface area contributed by atoms with Gasteiger partial charge < -0.3 is 0 Å². The molecule has 0 amide bonds. The molecule has 0 unspecified atom stereocenters. The summed E-state index contributed by atoms with van der Waals surface area (Å²) in [6, 6.07) is 9.90. The maximum absolute atomic E-state index is 9.24. The summed E-state index contributed by atoms with van der Waals surface area (Å²) in [5, 5.41) is 9.91. The molecule has 0 aliphatic carbocycles. The fourth-order valence-corrected chi connectivity index (χ4v) is 2.48. The van der Waals surface area contributed by atoms with Gasteiger partial charge in [0.2, 0.25) is 0 Å². The molecule has 20 heavy (non-hydrogen) atoms. The third kappa shape index (κ3) is 2.12. The predicted octanol–water partition coefficient (Wildman–Crippen LogP) is 2.80. The van der Waals surface area contributed by atoms with Crippen molar-refractivity contribution in [1.82, 2.24) is 19.5 Å². The van der Waals surface area contributed by atoms with Crippen LogP contribution in [0.5, 0.6) is 0 Å². The van der Waals surface area contributed by atoms with Crippen molar-refractivity contribution in [3.05, 3.63) is 42.4 Å². The highest BCUT2D eigenvalue weighted by atomic mass is 32.2. The van der Waals surface area contributed by atoms with E-state index in [-0.39, 0.29) is 0 Å². The fraction of sp³-hybridized carbons (Fsp3) is 0.143. The van der Waals surface area contributed by atoms with E-state index >= 15 is 0 Å².